The van der Waals surface area contributed by atoms with Gasteiger partial charge in [0.15, 0.2) is 0 Å². The lowest BCUT2D eigenvalue weighted by atomic mass is 9.91. The molecular formula is C17H26N2O2. The van der Waals surface area contributed by atoms with Gasteiger partial charge in [-0.25, -0.2) is 0 Å². The molecule has 0 spiro atoms. The Morgan fingerprint density at radius 1 is 1.29 bits per heavy atom. The van der Waals surface area contributed by atoms with E-state index in [1.165, 1.54) is 5.56 Å². The van der Waals surface area contributed by atoms with Crippen molar-refractivity contribution in [1.82, 2.24) is 9.80 Å². The van der Waals surface area contributed by atoms with Crippen LogP contribution in [0.4, 0.5) is 0 Å². The first-order valence-corrected chi connectivity index (χ1v) is 7.83. The molecule has 1 N–H and O–H groups in total. The van der Waals surface area contributed by atoms with Crippen molar-refractivity contribution in [3.8, 4) is 0 Å². The number of hydrogen-bond donors (Lipinski definition) is 1. The predicted octanol–water partition coefficient (Wildman–Crippen LogP) is 2.45. The van der Waals surface area contributed by atoms with Crippen LogP contribution in [-0.4, -0.2) is 52.6 Å². The van der Waals surface area contributed by atoms with Gasteiger partial charge in [0.05, 0.1) is 6.42 Å². The Hall–Kier alpha value is -1.39. The Morgan fingerprint density at radius 3 is 2.52 bits per heavy atom. The van der Waals surface area contributed by atoms with E-state index in [0.717, 1.165) is 39.1 Å². The molecule has 0 aliphatic carbocycles. The summed E-state index contributed by atoms with van der Waals surface area (Å²) in [7, 11) is 0. The summed E-state index contributed by atoms with van der Waals surface area (Å²) in [5.74, 6) is -0.691. The lowest BCUT2D eigenvalue weighted by Crippen LogP contribution is -2.51. The monoisotopic (exact) mass is 290 g/mol. The minimum absolute atomic E-state index is 0.204. The van der Waals surface area contributed by atoms with Gasteiger partial charge in [0.2, 0.25) is 0 Å². The maximum atomic E-state index is 11.3. The van der Waals surface area contributed by atoms with Crippen molar-refractivity contribution >= 4 is 5.97 Å². The predicted molar refractivity (Wildman–Crippen MR) is 84.2 cm³/mol. The topological polar surface area (TPSA) is 43.8 Å². The van der Waals surface area contributed by atoms with E-state index in [4.69, 9.17) is 0 Å². The second-order valence-corrected chi connectivity index (χ2v) is 5.91. The van der Waals surface area contributed by atoms with Crippen LogP contribution in [0.2, 0.25) is 0 Å². The molecule has 4 nitrogen and oxygen atoms in total. The molecule has 1 atom stereocenters. The molecule has 0 bridgehead atoms. The van der Waals surface area contributed by atoms with Crippen LogP contribution in [0.25, 0.3) is 0 Å². The smallest absolute Gasteiger partial charge is 0.305 e. The maximum Gasteiger partial charge on any atom is 0.305 e. The van der Waals surface area contributed by atoms with Crippen LogP contribution < -0.4 is 0 Å². The van der Waals surface area contributed by atoms with Gasteiger partial charge >= 0.3 is 5.97 Å². The Balaban J connectivity index is 2.08. The molecule has 0 saturated carbocycles. The van der Waals surface area contributed by atoms with Crippen molar-refractivity contribution in [3.63, 3.8) is 0 Å². The number of aliphatic carboxylic acids is 1. The molecule has 1 unspecified atom stereocenters. The summed E-state index contributed by atoms with van der Waals surface area (Å²) < 4.78 is 0. The van der Waals surface area contributed by atoms with E-state index < -0.39 is 5.97 Å². The molecule has 1 saturated heterocycles. The molecule has 2 rings (SSSR count). The number of likely N-dealkylation sites (N-methyl/N-ethyl adjacent to an activating group) is 1. The van der Waals surface area contributed by atoms with Crippen LogP contribution in [0.3, 0.4) is 0 Å². The Kier molecular flexibility index (Phi) is 5.37. The van der Waals surface area contributed by atoms with E-state index in [2.05, 4.69) is 47.9 Å². The zero-order valence-corrected chi connectivity index (χ0v) is 13.1. The number of nitrogens with zero attached hydrogens (tertiary/aromatic N) is 2. The fourth-order valence-electron chi connectivity index (χ4n) is 3.61. The first-order valence-electron chi connectivity index (χ1n) is 7.83. The SMILES string of the molecule is CCN(CC)C1(CC(=O)O)CCN(Cc2ccccc2)C1. The number of hydrogen-bond acceptors (Lipinski definition) is 3. The molecule has 1 fully saturated rings. The minimum atomic E-state index is -0.691. The van der Waals surface area contributed by atoms with Crippen molar-refractivity contribution in [1.29, 1.82) is 0 Å². The third kappa shape index (κ3) is 3.83. The number of carbonyl (C=O) groups is 1. The summed E-state index contributed by atoms with van der Waals surface area (Å²) in [5.41, 5.74) is 1.09. The molecule has 1 aromatic carbocycles. The Labute approximate surface area is 127 Å². The number of rotatable bonds is 7. The van der Waals surface area contributed by atoms with E-state index >= 15 is 0 Å². The van der Waals surface area contributed by atoms with Gasteiger partial charge in [-0.15, -0.1) is 0 Å². The van der Waals surface area contributed by atoms with E-state index in [0.29, 0.717) is 0 Å². The first kappa shape index (κ1) is 16.0. The zero-order valence-electron chi connectivity index (χ0n) is 13.1. The summed E-state index contributed by atoms with van der Waals surface area (Å²) in [4.78, 5) is 16.0. The van der Waals surface area contributed by atoms with E-state index in [1.807, 2.05) is 6.07 Å². The van der Waals surface area contributed by atoms with Crippen molar-refractivity contribution in [2.75, 3.05) is 26.2 Å². The largest absolute Gasteiger partial charge is 0.481 e. The number of carboxylic acid groups (broad SMARTS) is 1. The van der Waals surface area contributed by atoms with Crippen molar-refractivity contribution in [2.24, 2.45) is 0 Å². The highest BCUT2D eigenvalue weighted by Gasteiger charge is 2.43. The summed E-state index contributed by atoms with van der Waals surface area (Å²) in [6.07, 6.45) is 1.17. The Bertz CT molecular complexity index is 459. The summed E-state index contributed by atoms with van der Waals surface area (Å²) >= 11 is 0. The second-order valence-electron chi connectivity index (χ2n) is 5.91. The number of carboxylic acids is 1. The van der Waals surface area contributed by atoms with Crippen LogP contribution >= 0.6 is 0 Å². The van der Waals surface area contributed by atoms with Crippen molar-refractivity contribution < 1.29 is 9.90 Å². The van der Waals surface area contributed by atoms with Crippen molar-refractivity contribution in [3.05, 3.63) is 35.9 Å². The molecule has 21 heavy (non-hydrogen) atoms. The highest BCUT2D eigenvalue weighted by atomic mass is 16.4. The van der Waals surface area contributed by atoms with Gasteiger partial charge in [0, 0.05) is 25.2 Å². The molecule has 0 radical (unpaired) electrons. The Morgan fingerprint density at radius 2 is 1.95 bits per heavy atom. The average Bonchev–Trinajstić information content (AvgIpc) is 2.84. The summed E-state index contributed by atoms with van der Waals surface area (Å²) in [6, 6.07) is 10.4. The lowest BCUT2D eigenvalue weighted by Gasteiger charge is -2.39. The number of likely N-dealkylation sites (tertiary alicyclic amines) is 1. The molecule has 0 aromatic heterocycles. The van der Waals surface area contributed by atoms with Gasteiger partial charge < -0.3 is 5.11 Å². The van der Waals surface area contributed by atoms with Crippen LogP contribution in [0.1, 0.15) is 32.3 Å². The molecule has 1 heterocycles. The molecule has 0 amide bonds. The molecular weight excluding hydrogens is 264 g/mol. The van der Waals surface area contributed by atoms with Crippen molar-refractivity contribution in [2.45, 2.75) is 38.8 Å². The maximum absolute atomic E-state index is 11.3. The lowest BCUT2D eigenvalue weighted by molar-refractivity contribution is -0.140. The fraction of sp³-hybridized carbons (Fsp3) is 0.588. The number of benzene rings is 1. The zero-order chi connectivity index (χ0) is 15.3. The quantitative estimate of drug-likeness (QED) is 0.838. The van der Waals surface area contributed by atoms with Crippen LogP contribution in [0, 0.1) is 0 Å². The molecule has 1 aliphatic rings. The standard InChI is InChI=1S/C17H26N2O2/c1-3-19(4-2)17(12-16(20)21)10-11-18(14-17)13-15-8-6-5-7-9-15/h5-9H,3-4,10-14H2,1-2H3,(H,20,21). The first-order chi connectivity index (χ1) is 10.1. The molecule has 1 aromatic rings. The van der Waals surface area contributed by atoms with Gasteiger partial charge in [-0.05, 0) is 25.1 Å². The summed E-state index contributed by atoms with van der Waals surface area (Å²) in [5, 5.41) is 9.31. The normalized spacial score (nSPS) is 22.8. The average molecular weight is 290 g/mol. The van der Waals surface area contributed by atoms with E-state index in [1.54, 1.807) is 0 Å². The second kappa shape index (κ2) is 7.05. The van der Waals surface area contributed by atoms with Gasteiger partial charge in [0.25, 0.3) is 0 Å². The third-order valence-electron chi connectivity index (χ3n) is 4.57. The van der Waals surface area contributed by atoms with Gasteiger partial charge in [-0.3, -0.25) is 14.6 Å². The molecule has 4 heteroatoms. The highest BCUT2D eigenvalue weighted by Crippen LogP contribution is 2.32. The van der Waals surface area contributed by atoms with Crippen LogP contribution in [0.5, 0.6) is 0 Å². The minimum Gasteiger partial charge on any atom is -0.481 e. The fourth-order valence-corrected chi connectivity index (χ4v) is 3.61. The summed E-state index contributed by atoms with van der Waals surface area (Å²) in [6.45, 7) is 8.77. The van der Waals surface area contributed by atoms with E-state index in [9.17, 15) is 9.90 Å². The molecule has 116 valence electrons. The third-order valence-corrected chi connectivity index (χ3v) is 4.57. The van der Waals surface area contributed by atoms with Crippen LogP contribution in [0.15, 0.2) is 30.3 Å². The molecule has 1 aliphatic heterocycles. The van der Waals surface area contributed by atoms with Gasteiger partial charge in [0.1, 0.15) is 0 Å². The van der Waals surface area contributed by atoms with Gasteiger partial charge in [-0.1, -0.05) is 44.2 Å². The van der Waals surface area contributed by atoms with E-state index in [-0.39, 0.29) is 12.0 Å². The highest BCUT2D eigenvalue weighted by molar-refractivity contribution is 5.68. The van der Waals surface area contributed by atoms with Gasteiger partial charge in [-0.2, -0.15) is 0 Å². The van der Waals surface area contributed by atoms with Crippen LogP contribution in [-0.2, 0) is 11.3 Å².